The molecule has 1 atom stereocenters. The Hall–Kier alpha value is -1.60. The van der Waals surface area contributed by atoms with E-state index in [1.165, 1.54) is 32.4 Å². The van der Waals surface area contributed by atoms with Gasteiger partial charge in [0, 0.05) is 25.3 Å². The smallest absolute Gasteiger partial charge is 0.146 e. The van der Waals surface area contributed by atoms with Crippen LogP contribution in [0.25, 0.3) is 0 Å². The lowest BCUT2D eigenvalue weighted by Crippen LogP contribution is -2.35. The number of nitrogens with zero attached hydrogens (tertiary/aromatic N) is 4. The van der Waals surface area contributed by atoms with Crippen LogP contribution >= 0.6 is 0 Å². The van der Waals surface area contributed by atoms with Gasteiger partial charge in [0.1, 0.15) is 11.9 Å². The van der Waals surface area contributed by atoms with Crippen molar-refractivity contribution in [1.29, 1.82) is 5.26 Å². The van der Waals surface area contributed by atoms with Crippen molar-refractivity contribution in [2.75, 3.05) is 31.1 Å². The predicted octanol–water partition coefficient (Wildman–Crippen LogP) is 1.94. The van der Waals surface area contributed by atoms with Gasteiger partial charge in [0.2, 0.25) is 0 Å². The average Bonchev–Trinajstić information content (AvgIpc) is 3.09. The van der Waals surface area contributed by atoms with Gasteiger partial charge in [-0.05, 0) is 50.9 Å². The molecule has 2 aliphatic rings. The molecule has 0 N–H and O–H groups in total. The van der Waals surface area contributed by atoms with Crippen molar-refractivity contribution >= 4 is 5.82 Å². The Labute approximate surface area is 114 Å². The van der Waals surface area contributed by atoms with Crippen LogP contribution < -0.4 is 4.90 Å². The molecule has 0 saturated carbocycles. The summed E-state index contributed by atoms with van der Waals surface area (Å²) in [6, 6.07) is 4.87. The van der Waals surface area contributed by atoms with Crippen molar-refractivity contribution in [3.05, 3.63) is 23.4 Å². The zero-order valence-electron chi connectivity index (χ0n) is 11.5. The molecule has 4 nitrogen and oxygen atoms in total. The Kier molecular flexibility index (Phi) is 3.39. The van der Waals surface area contributed by atoms with Gasteiger partial charge >= 0.3 is 0 Å². The van der Waals surface area contributed by atoms with Crippen molar-refractivity contribution in [2.24, 2.45) is 0 Å². The number of hydrogen-bond acceptors (Lipinski definition) is 4. The van der Waals surface area contributed by atoms with Crippen LogP contribution in [-0.4, -0.2) is 42.1 Å². The Morgan fingerprint density at radius 1 is 1.32 bits per heavy atom. The molecule has 2 fully saturated rings. The SMILES string of the molecule is Cc1ccnc(N2CCC(N3CCCC3)C2)c1C#N. The first kappa shape index (κ1) is 12.4. The highest BCUT2D eigenvalue weighted by molar-refractivity contribution is 5.57. The van der Waals surface area contributed by atoms with E-state index in [2.05, 4.69) is 20.9 Å². The van der Waals surface area contributed by atoms with Crippen molar-refractivity contribution in [2.45, 2.75) is 32.2 Å². The van der Waals surface area contributed by atoms with E-state index in [0.717, 1.165) is 30.0 Å². The Balaban J connectivity index is 1.78. The number of likely N-dealkylation sites (tertiary alicyclic amines) is 1. The maximum absolute atomic E-state index is 9.31. The van der Waals surface area contributed by atoms with Gasteiger partial charge in [-0.15, -0.1) is 0 Å². The summed E-state index contributed by atoms with van der Waals surface area (Å²) in [5, 5.41) is 9.31. The van der Waals surface area contributed by atoms with Gasteiger partial charge in [0.05, 0.1) is 5.56 Å². The molecule has 1 unspecified atom stereocenters. The van der Waals surface area contributed by atoms with E-state index in [1.807, 2.05) is 19.2 Å². The molecule has 0 radical (unpaired) electrons. The number of aromatic nitrogens is 1. The van der Waals surface area contributed by atoms with Crippen LogP contribution in [0.1, 0.15) is 30.4 Å². The van der Waals surface area contributed by atoms with Crippen LogP contribution in [0.15, 0.2) is 12.3 Å². The van der Waals surface area contributed by atoms with Crippen LogP contribution in [0.2, 0.25) is 0 Å². The summed E-state index contributed by atoms with van der Waals surface area (Å²) >= 11 is 0. The molecular formula is C15H20N4. The van der Waals surface area contributed by atoms with Gasteiger partial charge in [-0.2, -0.15) is 5.26 Å². The monoisotopic (exact) mass is 256 g/mol. The van der Waals surface area contributed by atoms with Crippen LogP contribution in [0.4, 0.5) is 5.82 Å². The summed E-state index contributed by atoms with van der Waals surface area (Å²) in [7, 11) is 0. The standard InChI is InChI=1S/C15H20N4/c1-12-4-6-17-15(14(12)10-16)19-9-5-13(11-19)18-7-2-3-8-18/h4,6,13H,2-3,5,7-9,11H2,1H3. The molecule has 3 heterocycles. The minimum Gasteiger partial charge on any atom is -0.354 e. The molecule has 2 aliphatic heterocycles. The zero-order chi connectivity index (χ0) is 13.2. The lowest BCUT2D eigenvalue weighted by molar-refractivity contribution is 0.260. The third kappa shape index (κ3) is 2.31. The van der Waals surface area contributed by atoms with Crippen molar-refractivity contribution in [3.63, 3.8) is 0 Å². The Morgan fingerprint density at radius 3 is 2.84 bits per heavy atom. The summed E-state index contributed by atoms with van der Waals surface area (Å²) in [6.07, 6.45) is 5.68. The van der Waals surface area contributed by atoms with Gasteiger partial charge in [-0.1, -0.05) is 0 Å². The summed E-state index contributed by atoms with van der Waals surface area (Å²) in [5.74, 6) is 0.879. The number of aryl methyl sites for hydroxylation is 1. The van der Waals surface area contributed by atoms with E-state index in [9.17, 15) is 5.26 Å². The molecule has 0 bridgehead atoms. The lowest BCUT2D eigenvalue weighted by Gasteiger charge is -2.24. The van der Waals surface area contributed by atoms with E-state index in [1.54, 1.807) is 0 Å². The van der Waals surface area contributed by atoms with Gasteiger partial charge in [-0.25, -0.2) is 4.98 Å². The van der Waals surface area contributed by atoms with Gasteiger partial charge in [0.25, 0.3) is 0 Å². The van der Waals surface area contributed by atoms with E-state index < -0.39 is 0 Å². The van der Waals surface area contributed by atoms with Crippen LogP contribution in [0.5, 0.6) is 0 Å². The predicted molar refractivity (Wildman–Crippen MR) is 75.1 cm³/mol. The lowest BCUT2D eigenvalue weighted by atomic mass is 10.1. The minimum atomic E-state index is 0.649. The van der Waals surface area contributed by atoms with Gasteiger partial charge in [0.15, 0.2) is 0 Å². The van der Waals surface area contributed by atoms with E-state index >= 15 is 0 Å². The molecule has 1 aromatic rings. The van der Waals surface area contributed by atoms with E-state index in [4.69, 9.17) is 0 Å². The Bertz CT molecular complexity index is 499. The fraction of sp³-hybridized carbons (Fsp3) is 0.600. The number of pyridine rings is 1. The van der Waals surface area contributed by atoms with Crippen molar-refractivity contribution in [3.8, 4) is 6.07 Å². The number of anilines is 1. The fourth-order valence-corrected chi connectivity index (χ4v) is 3.26. The minimum absolute atomic E-state index is 0.649. The fourth-order valence-electron chi connectivity index (χ4n) is 3.26. The first-order valence-corrected chi connectivity index (χ1v) is 7.14. The summed E-state index contributed by atoms with van der Waals surface area (Å²) < 4.78 is 0. The first-order valence-electron chi connectivity index (χ1n) is 7.14. The second-order valence-corrected chi connectivity index (χ2v) is 5.57. The number of nitriles is 1. The normalized spacial score (nSPS) is 23.8. The third-order valence-electron chi connectivity index (χ3n) is 4.37. The maximum Gasteiger partial charge on any atom is 0.146 e. The molecule has 1 aromatic heterocycles. The third-order valence-corrected chi connectivity index (χ3v) is 4.37. The topological polar surface area (TPSA) is 43.2 Å². The molecule has 0 amide bonds. The molecule has 19 heavy (non-hydrogen) atoms. The van der Waals surface area contributed by atoms with Crippen LogP contribution in [-0.2, 0) is 0 Å². The second kappa shape index (κ2) is 5.18. The molecule has 0 spiro atoms. The molecule has 0 aliphatic carbocycles. The highest BCUT2D eigenvalue weighted by atomic mass is 15.3. The second-order valence-electron chi connectivity index (χ2n) is 5.57. The number of hydrogen-bond donors (Lipinski definition) is 0. The summed E-state index contributed by atoms with van der Waals surface area (Å²) in [4.78, 5) is 9.32. The Morgan fingerprint density at radius 2 is 2.11 bits per heavy atom. The number of rotatable bonds is 2. The average molecular weight is 256 g/mol. The molecule has 4 heteroatoms. The zero-order valence-corrected chi connectivity index (χ0v) is 11.5. The summed E-state index contributed by atoms with van der Waals surface area (Å²) in [5.41, 5.74) is 1.77. The van der Waals surface area contributed by atoms with Gasteiger partial charge < -0.3 is 4.90 Å². The maximum atomic E-state index is 9.31. The molecular weight excluding hydrogens is 236 g/mol. The highest BCUT2D eigenvalue weighted by Crippen LogP contribution is 2.27. The molecule has 3 rings (SSSR count). The largest absolute Gasteiger partial charge is 0.354 e. The van der Waals surface area contributed by atoms with E-state index in [-0.39, 0.29) is 0 Å². The first-order chi connectivity index (χ1) is 9.29. The highest BCUT2D eigenvalue weighted by Gasteiger charge is 2.30. The quantitative estimate of drug-likeness (QED) is 0.811. The molecule has 2 saturated heterocycles. The summed E-state index contributed by atoms with van der Waals surface area (Å²) in [6.45, 7) is 6.50. The van der Waals surface area contributed by atoms with Crippen molar-refractivity contribution < 1.29 is 0 Å². The van der Waals surface area contributed by atoms with Crippen LogP contribution in [0, 0.1) is 18.3 Å². The van der Waals surface area contributed by atoms with Gasteiger partial charge in [-0.3, -0.25) is 4.90 Å². The van der Waals surface area contributed by atoms with Crippen LogP contribution in [0.3, 0.4) is 0 Å². The van der Waals surface area contributed by atoms with E-state index in [0.29, 0.717) is 6.04 Å². The molecule has 100 valence electrons. The van der Waals surface area contributed by atoms with Crippen molar-refractivity contribution in [1.82, 2.24) is 9.88 Å². The molecule has 0 aromatic carbocycles.